The number of hydrogen-bond acceptors (Lipinski definition) is 5. The maximum Gasteiger partial charge on any atom is 0.451 e. The second-order valence-electron chi connectivity index (χ2n) is 4.78. The smallest absolute Gasteiger partial charge is 0.451 e. The number of carbonyl (C=O) groups is 1. The van der Waals surface area contributed by atoms with Crippen LogP contribution in [0.15, 0.2) is 24.3 Å². The van der Waals surface area contributed by atoms with Crippen LogP contribution in [-0.4, -0.2) is 36.3 Å². The molecule has 5 nitrogen and oxygen atoms in total. The highest BCUT2D eigenvalue weighted by Crippen LogP contribution is 2.14. The molecule has 0 amide bonds. The first-order valence-electron chi connectivity index (χ1n) is 7.39. The van der Waals surface area contributed by atoms with Crippen LogP contribution in [0.2, 0.25) is 6.32 Å². The largest absolute Gasteiger partial charge is 0.494 e. The van der Waals surface area contributed by atoms with E-state index in [9.17, 15) is 4.79 Å². The second kappa shape index (κ2) is 10.2. The van der Waals surface area contributed by atoms with Crippen LogP contribution in [-0.2, 0) is 4.74 Å². The van der Waals surface area contributed by atoms with Gasteiger partial charge in [0.05, 0.1) is 18.8 Å². The van der Waals surface area contributed by atoms with E-state index in [0.29, 0.717) is 25.1 Å². The van der Waals surface area contributed by atoms with Crippen LogP contribution in [0.1, 0.15) is 43.0 Å². The molecule has 0 saturated carbocycles. The van der Waals surface area contributed by atoms with Gasteiger partial charge in [-0.25, -0.2) is 4.79 Å². The van der Waals surface area contributed by atoms with Gasteiger partial charge in [-0.1, -0.05) is 19.3 Å². The zero-order chi connectivity index (χ0) is 15.5. The molecule has 116 valence electrons. The summed E-state index contributed by atoms with van der Waals surface area (Å²) in [5.41, 5.74) is 0.520. The number of hydrogen-bond donors (Lipinski definition) is 2. The summed E-state index contributed by atoms with van der Waals surface area (Å²) in [6.45, 7) is 2.75. The van der Waals surface area contributed by atoms with Crippen LogP contribution < -0.4 is 4.74 Å². The molecule has 1 aromatic carbocycles. The SMILES string of the molecule is CCOC(=O)c1ccc(OCCCCCCB(O)O)cc1. The number of esters is 1. The molecule has 21 heavy (non-hydrogen) atoms. The maximum atomic E-state index is 11.5. The lowest BCUT2D eigenvalue weighted by Crippen LogP contribution is -2.09. The maximum absolute atomic E-state index is 11.5. The van der Waals surface area contributed by atoms with Crippen LogP contribution in [0.4, 0.5) is 0 Å². The van der Waals surface area contributed by atoms with Gasteiger partial charge in [-0.05, 0) is 43.9 Å². The minimum atomic E-state index is -1.20. The van der Waals surface area contributed by atoms with E-state index in [1.807, 2.05) is 0 Å². The fraction of sp³-hybridized carbons (Fsp3) is 0.533. The fourth-order valence-corrected chi connectivity index (χ4v) is 1.87. The van der Waals surface area contributed by atoms with Crippen molar-refractivity contribution in [3.05, 3.63) is 29.8 Å². The summed E-state index contributed by atoms with van der Waals surface area (Å²) in [4.78, 5) is 11.5. The van der Waals surface area contributed by atoms with Gasteiger partial charge in [0, 0.05) is 0 Å². The van der Waals surface area contributed by atoms with E-state index in [4.69, 9.17) is 19.5 Å². The molecule has 0 aliphatic heterocycles. The van der Waals surface area contributed by atoms with Crippen molar-refractivity contribution >= 4 is 13.1 Å². The van der Waals surface area contributed by atoms with E-state index in [1.165, 1.54) is 0 Å². The first kappa shape index (κ1) is 17.5. The lowest BCUT2D eigenvalue weighted by Gasteiger charge is -2.07. The molecule has 0 saturated heterocycles. The van der Waals surface area contributed by atoms with Crippen molar-refractivity contribution < 1.29 is 24.3 Å². The molecule has 0 radical (unpaired) electrons. The van der Waals surface area contributed by atoms with Gasteiger partial charge < -0.3 is 19.5 Å². The molecule has 1 rings (SSSR count). The third-order valence-electron chi connectivity index (χ3n) is 2.99. The topological polar surface area (TPSA) is 76.0 Å². The molecule has 0 heterocycles. The van der Waals surface area contributed by atoms with Crippen LogP contribution in [0.25, 0.3) is 0 Å². The Kier molecular flexibility index (Phi) is 8.54. The zero-order valence-electron chi connectivity index (χ0n) is 12.5. The highest BCUT2D eigenvalue weighted by atomic mass is 16.5. The van der Waals surface area contributed by atoms with Gasteiger partial charge in [0.25, 0.3) is 0 Å². The monoisotopic (exact) mass is 294 g/mol. The standard InChI is InChI=1S/C15H23BO5/c1-2-20-15(17)13-7-9-14(10-8-13)21-12-6-4-3-5-11-16(18)19/h7-10,18-19H,2-6,11-12H2,1H3. The molecule has 0 spiro atoms. The quantitative estimate of drug-likeness (QED) is 0.393. The van der Waals surface area contributed by atoms with E-state index < -0.39 is 7.12 Å². The molecular weight excluding hydrogens is 271 g/mol. The lowest BCUT2D eigenvalue weighted by molar-refractivity contribution is 0.0526. The Labute approximate surface area is 126 Å². The lowest BCUT2D eigenvalue weighted by atomic mass is 9.83. The summed E-state index contributed by atoms with van der Waals surface area (Å²) in [7, 11) is -1.20. The summed E-state index contributed by atoms with van der Waals surface area (Å²) in [5.74, 6) is 0.406. The second-order valence-corrected chi connectivity index (χ2v) is 4.78. The summed E-state index contributed by atoms with van der Waals surface area (Å²) >= 11 is 0. The molecule has 0 unspecified atom stereocenters. The van der Waals surface area contributed by atoms with Crippen LogP contribution >= 0.6 is 0 Å². The third kappa shape index (κ3) is 7.73. The molecule has 0 aromatic heterocycles. The number of unbranched alkanes of at least 4 members (excludes halogenated alkanes) is 3. The number of benzene rings is 1. The number of ether oxygens (including phenoxy) is 2. The summed E-state index contributed by atoms with van der Waals surface area (Å²) in [5, 5.41) is 17.4. The summed E-state index contributed by atoms with van der Waals surface area (Å²) < 4.78 is 10.5. The van der Waals surface area contributed by atoms with Gasteiger partial charge >= 0.3 is 13.1 Å². The van der Waals surface area contributed by atoms with Gasteiger partial charge in [-0.15, -0.1) is 0 Å². The van der Waals surface area contributed by atoms with E-state index >= 15 is 0 Å². The van der Waals surface area contributed by atoms with Crippen LogP contribution in [0.5, 0.6) is 5.75 Å². The minimum Gasteiger partial charge on any atom is -0.494 e. The first-order chi connectivity index (χ1) is 10.1. The van der Waals surface area contributed by atoms with E-state index in [2.05, 4.69) is 0 Å². The summed E-state index contributed by atoms with van der Waals surface area (Å²) in [6, 6.07) is 6.90. The predicted octanol–water partition coefficient (Wildman–Crippen LogP) is 2.28. The van der Waals surface area contributed by atoms with E-state index in [-0.39, 0.29) is 5.97 Å². The number of rotatable bonds is 10. The normalized spacial score (nSPS) is 10.2. The Bertz CT molecular complexity index is 405. The Morgan fingerprint density at radius 2 is 1.76 bits per heavy atom. The van der Waals surface area contributed by atoms with E-state index in [1.54, 1.807) is 31.2 Å². The highest BCUT2D eigenvalue weighted by molar-refractivity contribution is 6.40. The van der Waals surface area contributed by atoms with Crippen molar-refractivity contribution in [1.82, 2.24) is 0 Å². The first-order valence-corrected chi connectivity index (χ1v) is 7.39. The van der Waals surface area contributed by atoms with Crippen molar-refractivity contribution in [3.63, 3.8) is 0 Å². The van der Waals surface area contributed by atoms with Gasteiger partial charge in [-0.3, -0.25) is 0 Å². The van der Waals surface area contributed by atoms with Crippen LogP contribution in [0, 0.1) is 0 Å². The highest BCUT2D eigenvalue weighted by Gasteiger charge is 2.06. The van der Waals surface area contributed by atoms with Crippen molar-refractivity contribution in [2.75, 3.05) is 13.2 Å². The zero-order valence-corrected chi connectivity index (χ0v) is 12.5. The molecule has 1 aromatic rings. The average Bonchev–Trinajstić information content (AvgIpc) is 2.47. The molecule has 6 heteroatoms. The molecular formula is C15H23BO5. The third-order valence-corrected chi connectivity index (χ3v) is 2.99. The molecule has 0 aliphatic rings. The van der Waals surface area contributed by atoms with Crippen molar-refractivity contribution in [2.45, 2.75) is 38.9 Å². The fourth-order valence-electron chi connectivity index (χ4n) is 1.87. The van der Waals surface area contributed by atoms with Crippen molar-refractivity contribution in [3.8, 4) is 5.75 Å². The van der Waals surface area contributed by atoms with Crippen LogP contribution in [0.3, 0.4) is 0 Å². The minimum absolute atomic E-state index is 0.324. The molecule has 0 atom stereocenters. The van der Waals surface area contributed by atoms with Crippen molar-refractivity contribution in [2.24, 2.45) is 0 Å². The molecule has 0 aliphatic carbocycles. The predicted molar refractivity (Wildman–Crippen MR) is 81.4 cm³/mol. The molecule has 0 bridgehead atoms. The van der Waals surface area contributed by atoms with Crippen molar-refractivity contribution in [1.29, 1.82) is 0 Å². The summed E-state index contributed by atoms with van der Waals surface area (Å²) in [6.07, 6.45) is 4.11. The molecule has 0 fully saturated rings. The average molecular weight is 294 g/mol. The Morgan fingerprint density at radius 1 is 1.10 bits per heavy atom. The van der Waals surface area contributed by atoms with Gasteiger partial charge in [-0.2, -0.15) is 0 Å². The van der Waals surface area contributed by atoms with Gasteiger partial charge in [0.2, 0.25) is 0 Å². The Morgan fingerprint density at radius 3 is 2.38 bits per heavy atom. The van der Waals surface area contributed by atoms with E-state index in [0.717, 1.165) is 31.4 Å². The molecule has 2 N–H and O–H groups in total. The Hall–Kier alpha value is -1.53. The number of carbonyl (C=O) groups excluding carboxylic acids is 1. The Balaban J connectivity index is 2.17. The van der Waals surface area contributed by atoms with Gasteiger partial charge in [0.1, 0.15) is 5.75 Å². The van der Waals surface area contributed by atoms with Gasteiger partial charge in [0.15, 0.2) is 0 Å².